The van der Waals surface area contributed by atoms with Crippen molar-refractivity contribution in [2.24, 2.45) is 0 Å². The molecule has 23 heavy (non-hydrogen) atoms. The number of nitrogens with zero attached hydrogens (tertiary/aromatic N) is 2. The molecule has 5 nitrogen and oxygen atoms in total. The highest BCUT2D eigenvalue weighted by Gasteiger charge is 2.15. The number of anilines is 1. The molecule has 3 heterocycles. The molecule has 112 valence electrons. The Labute approximate surface area is 135 Å². The number of hydrogen-bond acceptors (Lipinski definition) is 5. The monoisotopic (exact) mass is 321 g/mol. The topological polar surface area (TPSA) is 68.0 Å². The van der Waals surface area contributed by atoms with Crippen LogP contribution in [0.3, 0.4) is 0 Å². The highest BCUT2D eigenvalue weighted by atomic mass is 32.1. The predicted molar refractivity (Wildman–Crippen MR) is 89.5 cm³/mol. The highest BCUT2D eigenvalue weighted by Crippen LogP contribution is 2.26. The van der Waals surface area contributed by atoms with Crippen molar-refractivity contribution in [3.05, 3.63) is 65.8 Å². The van der Waals surface area contributed by atoms with Gasteiger partial charge in [0, 0.05) is 17.6 Å². The average molecular weight is 321 g/mol. The molecule has 4 aromatic rings. The number of carbonyl (C=O) groups excluding carboxylic acids is 1. The number of benzene rings is 1. The Balaban J connectivity index is 1.62. The van der Waals surface area contributed by atoms with Crippen LogP contribution < -0.4 is 5.32 Å². The summed E-state index contributed by atoms with van der Waals surface area (Å²) in [6.45, 7) is 0. The molecular weight excluding hydrogens is 310 g/mol. The Morgan fingerprint density at radius 1 is 1.13 bits per heavy atom. The largest absolute Gasteiger partial charge is 0.355 e. The van der Waals surface area contributed by atoms with Crippen LogP contribution in [0, 0.1) is 0 Å². The Morgan fingerprint density at radius 3 is 2.91 bits per heavy atom. The third-order valence-electron chi connectivity index (χ3n) is 3.39. The van der Waals surface area contributed by atoms with Gasteiger partial charge in [-0.2, -0.15) is 0 Å². The van der Waals surface area contributed by atoms with Crippen LogP contribution in [0.2, 0.25) is 0 Å². The normalized spacial score (nSPS) is 10.8. The van der Waals surface area contributed by atoms with E-state index in [9.17, 15) is 4.79 Å². The Morgan fingerprint density at radius 2 is 2.04 bits per heavy atom. The number of pyridine rings is 1. The van der Waals surface area contributed by atoms with Gasteiger partial charge in [-0.25, -0.2) is 0 Å². The lowest BCUT2D eigenvalue weighted by Crippen LogP contribution is -2.12. The third kappa shape index (κ3) is 2.60. The molecule has 0 aliphatic rings. The molecule has 1 aromatic carbocycles. The van der Waals surface area contributed by atoms with E-state index in [0.717, 1.165) is 15.8 Å². The lowest BCUT2D eigenvalue weighted by Gasteiger charge is -2.05. The number of para-hydroxylation sites is 1. The van der Waals surface area contributed by atoms with Gasteiger partial charge < -0.3 is 9.84 Å². The van der Waals surface area contributed by atoms with Crippen molar-refractivity contribution in [3.8, 4) is 10.6 Å². The zero-order valence-corrected chi connectivity index (χ0v) is 12.7. The highest BCUT2D eigenvalue weighted by molar-refractivity contribution is 7.13. The number of thiophene rings is 1. The third-order valence-corrected chi connectivity index (χ3v) is 4.27. The van der Waals surface area contributed by atoms with Crippen LogP contribution in [0.4, 0.5) is 5.69 Å². The number of hydrogen-bond donors (Lipinski definition) is 1. The zero-order chi connectivity index (χ0) is 15.6. The van der Waals surface area contributed by atoms with Gasteiger partial charge >= 0.3 is 0 Å². The molecule has 0 saturated heterocycles. The number of amides is 1. The molecule has 0 aliphatic heterocycles. The Bertz CT molecular complexity index is 971. The van der Waals surface area contributed by atoms with Crippen LogP contribution in [0.1, 0.15) is 10.5 Å². The van der Waals surface area contributed by atoms with Gasteiger partial charge in [-0.05, 0) is 23.6 Å². The Hall–Kier alpha value is -2.99. The van der Waals surface area contributed by atoms with Crippen molar-refractivity contribution in [1.29, 1.82) is 0 Å². The van der Waals surface area contributed by atoms with Crippen molar-refractivity contribution in [3.63, 3.8) is 0 Å². The van der Waals surface area contributed by atoms with Gasteiger partial charge in [-0.3, -0.25) is 9.78 Å². The van der Waals surface area contributed by atoms with Crippen molar-refractivity contribution >= 4 is 33.8 Å². The lowest BCUT2D eigenvalue weighted by atomic mass is 10.2. The molecule has 0 aliphatic carbocycles. The minimum absolute atomic E-state index is 0.237. The van der Waals surface area contributed by atoms with Gasteiger partial charge in [0.15, 0.2) is 11.5 Å². The first-order chi connectivity index (χ1) is 11.3. The summed E-state index contributed by atoms with van der Waals surface area (Å²) in [5.41, 5.74) is 1.63. The number of aromatic nitrogens is 2. The maximum Gasteiger partial charge on any atom is 0.277 e. The van der Waals surface area contributed by atoms with Crippen molar-refractivity contribution in [2.75, 3.05) is 5.32 Å². The van der Waals surface area contributed by atoms with Gasteiger partial charge in [0.05, 0.1) is 16.1 Å². The summed E-state index contributed by atoms with van der Waals surface area (Å²) in [6, 6.07) is 14.9. The molecule has 0 spiro atoms. The van der Waals surface area contributed by atoms with E-state index in [1.54, 1.807) is 12.3 Å². The van der Waals surface area contributed by atoms with Crippen LogP contribution in [-0.4, -0.2) is 16.0 Å². The summed E-state index contributed by atoms with van der Waals surface area (Å²) >= 11 is 1.53. The fourth-order valence-corrected chi connectivity index (χ4v) is 2.98. The quantitative estimate of drug-likeness (QED) is 0.614. The first kappa shape index (κ1) is 13.7. The van der Waals surface area contributed by atoms with Crippen LogP contribution in [0.25, 0.3) is 21.5 Å². The summed E-state index contributed by atoms with van der Waals surface area (Å²) in [5.74, 6) is 0.260. The van der Waals surface area contributed by atoms with Gasteiger partial charge in [0.2, 0.25) is 0 Å². The van der Waals surface area contributed by atoms with Gasteiger partial charge in [-0.15, -0.1) is 11.3 Å². The SMILES string of the molecule is O=C(Nc1cccc2cccnc12)c1cc(-c2cccs2)on1. The minimum Gasteiger partial charge on any atom is -0.355 e. The van der Waals surface area contributed by atoms with Crippen molar-refractivity contribution in [2.45, 2.75) is 0 Å². The summed E-state index contributed by atoms with van der Waals surface area (Å²) in [6.07, 6.45) is 1.70. The number of fused-ring (bicyclic) bond motifs is 1. The smallest absolute Gasteiger partial charge is 0.277 e. The summed E-state index contributed by atoms with van der Waals surface area (Å²) in [4.78, 5) is 17.6. The molecule has 4 rings (SSSR count). The zero-order valence-electron chi connectivity index (χ0n) is 11.9. The fraction of sp³-hybridized carbons (Fsp3) is 0. The second kappa shape index (κ2) is 5.66. The average Bonchev–Trinajstić information content (AvgIpc) is 3.26. The van der Waals surface area contributed by atoms with E-state index in [1.807, 2.05) is 47.8 Å². The second-order valence-electron chi connectivity index (χ2n) is 4.89. The molecule has 6 heteroatoms. The molecule has 1 amide bonds. The van der Waals surface area contributed by atoms with Crippen LogP contribution >= 0.6 is 11.3 Å². The van der Waals surface area contributed by atoms with E-state index in [2.05, 4.69) is 15.5 Å². The predicted octanol–water partition coefficient (Wildman–Crippen LogP) is 4.20. The summed E-state index contributed by atoms with van der Waals surface area (Å²) < 4.78 is 5.24. The fourth-order valence-electron chi connectivity index (χ4n) is 2.31. The molecule has 3 aromatic heterocycles. The van der Waals surface area contributed by atoms with Crippen LogP contribution in [0.15, 0.2) is 64.6 Å². The first-order valence-corrected chi connectivity index (χ1v) is 7.85. The molecule has 0 atom stereocenters. The maximum absolute atomic E-state index is 12.4. The van der Waals surface area contributed by atoms with Crippen LogP contribution in [-0.2, 0) is 0 Å². The standard InChI is InChI=1S/C17H11N3O2S/c21-17(13-10-14(22-20-13)15-7-3-9-23-15)19-12-6-1-4-11-5-2-8-18-16(11)12/h1-10H,(H,19,21). The molecule has 0 saturated carbocycles. The van der Waals surface area contributed by atoms with E-state index in [4.69, 9.17) is 4.52 Å². The molecule has 0 unspecified atom stereocenters. The Kier molecular flexibility index (Phi) is 3.36. The van der Waals surface area contributed by atoms with Crippen molar-refractivity contribution < 1.29 is 9.32 Å². The molecule has 0 fully saturated rings. The van der Waals surface area contributed by atoms with E-state index >= 15 is 0 Å². The summed E-state index contributed by atoms with van der Waals surface area (Å²) in [7, 11) is 0. The molecule has 1 N–H and O–H groups in total. The number of carbonyl (C=O) groups is 1. The lowest BCUT2D eigenvalue weighted by molar-refractivity contribution is 0.101. The minimum atomic E-state index is -0.324. The molecule has 0 bridgehead atoms. The second-order valence-corrected chi connectivity index (χ2v) is 5.84. The molecular formula is C17H11N3O2S. The first-order valence-electron chi connectivity index (χ1n) is 6.97. The number of rotatable bonds is 3. The van der Waals surface area contributed by atoms with Gasteiger partial charge in [0.1, 0.15) is 0 Å². The van der Waals surface area contributed by atoms with E-state index in [-0.39, 0.29) is 11.6 Å². The maximum atomic E-state index is 12.4. The molecule has 0 radical (unpaired) electrons. The van der Waals surface area contributed by atoms with Gasteiger partial charge in [0.25, 0.3) is 5.91 Å². The summed E-state index contributed by atoms with van der Waals surface area (Å²) in [5, 5.41) is 9.59. The number of nitrogens with one attached hydrogen (secondary N) is 1. The van der Waals surface area contributed by atoms with Crippen molar-refractivity contribution in [1.82, 2.24) is 10.1 Å². The van der Waals surface area contributed by atoms with Gasteiger partial charge in [-0.1, -0.05) is 29.4 Å². The van der Waals surface area contributed by atoms with E-state index in [0.29, 0.717) is 11.4 Å². The van der Waals surface area contributed by atoms with Crippen LogP contribution in [0.5, 0.6) is 0 Å². The van der Waals surface area contributed by atoms with E-state index < -0.39 is 0 Å². The van der Waals surface area contributed by atoms with E-state index in [1.165, 1.54) is 11.3 Å².